The predicted octanol–water partition coefficient (Wildman–Crippen LogP) is 3.63. The van der Waals surface area contributed by atoms with Crippen LogP contribution in [-0.2, 0) is 13.9 Å². The van der Waals surface area contributed by atoms with Crippen molar-refractivity contribution in [3.8, 4) is 0 Å². The summed E-state index contributed by atoms with van der Waals surface area (Å²) in [5.41, 5.74) is 0. The zero-order valence-electron chi connectivity index (χ0n) is 18.3. The van der Waals surface area contributed by atoms with E-state index < -0.39 is 20.5 Å². The van der Waals surface area contributed by atoms with Gasteiger partial charge in [0.2, 0.25) is 0 Å². The van der Waals surface area contributed by atoms with E-state index in [4.69, 9.17) is 13.9 Å². The second-order valence-corrected chi connectivity index (χ2v) is 13.2. The molecule has 30 heavy (non-hydrogen) atoms. The third-order valence-corrected chi connectivity index (χ3v) is 10.7. The summed E-state index contributed by atoms with van der Waals surface area (Å²) in [7, 11) is -2.66. The fourth-order valence-corrected chi connectivity index (χ4v) is 8.83. The summed E-state index contributed by atoms with van der Waals surface area (Å²) in [5, 5.41) is 12.9. The molecule has 3 rings (SSSR count). The highest BCUT2D eigenvalue weighted by molar-refractivity contribution is 6.99. The van der Waals surface area contributed by atoms with Crippen LogP contribution in [0.2, 0.25) is 5.04 Å². The minimum atomic E-state index is -2.66. The zero-order valence-corrected chi connectivity index (χ0v) is 19.3. The fraction of sp³-hybridized carbons (Fsp3) is 0.440. The molecule has 3 atom stereocenters. The molecule has 1 saturated heterocycles. The number of hydrogen-bond acceptors (Lipinski definition) is 4. The second-order valence-electron chi connectivity index (χ2n) is 8.85. The first-order chi connectivity index (χ1) is 14.4. The highest BCUT2D eigenvalue weighted by atomic mass is 28.4. The van der Waals surface area contributed by atoms with Crippen LogP contribution in [0.15, 0.2) is 73.3 Å². The number of hydrogen-bond donors (Lipinski definition) is 1. The molecule has 162 valence electrons. The number of aliphatic hydroxyl groups is 1. The van der Waals surface area contributed by atoms with Gasteiger partial charge in [0.25, 0.3) is 8.32 Å². The van der Waals surface area contributed by atoms with Crippen molar-refractivity contribution in [1.29, 1.82) is 0 Å². The first kappa shape index (κ1) is 22.9. The lowest BCUT2D eigenvalue weighted by Gasteiger charge is -2.44. The summed E-state index contributed by atoms with van der Waals surface area (Å²) in [6, 6.07) is 21.0. The third kappa shape index (κ3) is 4.93. The first-order valence-electron chi connectivity index (χ1n) is 10.7. The van der Waals surface area contributed by atoms with Gasteiger partial charge in [0.1, 0.15) is 6.10 Å². The van der Waals surface area contributed by atoms with Crippen molar-refractivity contribution >= 4 is 18.7 Å². The summed E-state index contributed by atoms with van der Waals surface area (Å²) in [4.78, 5) is 0. The lowest BCUT2D eigenvalue weighted by Crippen LogP contribution is -2.67. The predicted molar refractivity (Wildman–Crippen MR) is 124 cm³/mol. The van der Waals surface area contributed by atoms with Crippen LogP contribution >= 0.6 is 0 Å². The standard InChI is InChI=1S/C25H34O4Si/c1-5-18-27-24-17-16-22(26)23(29-24)19-28-30(25(2,3)4,20-12-8-6-9-13-20)21-14-10-7-11-15-21/h5-15,22-24,26H,1,16-19H2,2-4H3/t22-,23-,24+/m1/s1. The van der Waals surface area contributed by atoms with Crippen LogP contribution in [0, 0.1) is 0 Å². The van der Waals surface area contributed by atoms with E-state index in [2.05, 4.69) is 75.9 Å². The third-order valence-electron chi connectivity index (χ3n) is 5.73. The smallest absolute Gasteiger partial charge is 0.261 e. The van der Waals surface area contributed by atoms with E-state index in [1.165, 1.54) is 10.4 Å². The highest BCUT2D eigenvalue weighted by Crippen LogP contribution is 2.37. The van der Waals surface area contributed by atoms with Crippen LogP contribution < -0.4 is 10.4 Å². The molecule has 0 aliphatic carbocycles. The molecule has 2 aromatic carbocycles. The molecule has 0 aromatic heterocycles. The summed E-state index contributed by atoms with van der Waals surface area (Å²) in [6.45, 7) is 11.2. The van der Waals surface area contributed by atoms with Gasteiger partial charge in [-0.1, -0.05) is 87.5 Å². The normalized spacial score (nSPS) is 22.6. The summed E-state index contributed by atoms with van der Waals surface area (Å²) >= 11 is 0. The Balaban J connectivity index is 1.92. The maximum atomic E-state index is 10.6. The molecule has 1 aliphatic rings. The van der Waals surface area contributed by atoms with Crippen LogP contribution in [-0.4, -0.2) is 45.1 Å². The Morgan fingerprint density at radius 3 is 2.10 bits per heavy atom. The van der Waals surface area contributed by atoms with E-state index in [0.29, 0.717) is 26.1 Å². The van der Waals surface area contributed by atoms with Gasteiger partial charge in [-0.05, 0) is 21.8 Å². The minimum Gasteiger partial charge on any atom is -0.405 e. The molecule has 4 nitrogen and oxygen atoms in total. The Labute approximate surface area is 181 Å². The van der Waals surface area contributed by atoms with Crippen LogP contribution in [0.5, 0.6) is 0 Å². The van der Waals surface area contributed by atoms with Crippen molar-refractivity contribution < 1.29 is 19.0 Å². The van der Waals surface area contributed by atoms with Crippen LogP contribution in [0.4, 0.5) is 0 Å². The van der Waals surface area contributed by atoms with Gasteiger partial charge >= 0.3 is 0 Å². The van der Waals surface area contributed by atoms with Crippen molar-refractivity contribution in [2.75, 3.05) is 13.2 Å². The van der Waals surface area contributed by atoms with Crippen LogP contribution in [0.3, 0.4) is 0 Å². The Kier molecular flexibility index (Phi) is 7.66. The lowest BCUT2D eigenvalue weighted by molar-refractivity contribution is -0.224. The molecule has 1 N–H and O–H groups in total. The van der Waals surface area contributed by atoms with Crippen molar-refractivity contribution in [2.24, 2.45) is 0 Å². The van der Waals surface area contributed by atoms with E-state index in [9.17, 15) is 5.11 Å². The van der Waals surface area contributed by atoms with Crippen molar-refractivity contribution in [2.45, 2.75) is 57.1 Å². The molecule has 1 heterocycles. The number of ether oxygens (including phenoxy) is 2. The van der Waals surface area contributed by atoms with E-state index in [1.807, 2.05) is 12.1 Å². The van der Waals surface area contributed by atoms with Gasteiger partial charge in [-0.15, -0.1) is 6.58 Å². The largest absolute Gasteiger partial charge is 0.405 e. The number of benzene rings is 2. The average Bonchev–Trinajstić information content (AvgIpc) is 2.75. The lowest BCUT2D eigenvalue weighted by atomic mass is 10.1. The first-order valence-corrected chi connectivity index (χ1v) is 12.6. The highest BCUT2D eigenvalue weighted by Gasteiger charge is 2.50. The minimum absolute atomic E-state index is 0.117. The van der Waals surface area contributed by atoms with Gasteiger partial charge in [-0.3, -0.25) is 0 Å². The van der Waals surface area contributed by atoms with Crippen LogP contribution in [0.1, 0.15) is 33.6 Å². The zero-order chi connectivity index (χ0) is 21.6. The second kappa shape index (κ2) is 10.0. The van der Waals surface area contributed by atoms with Gasteiger partial charge in [0.05, 0.1) is 19.3 Å². The monoisotopic (exact) mass is 426 g/mol. The van der Waals surface area contributed by atoms with E-state index in [-0.39, 0.29) is 11.3 Å². The molecule has 0 amide bonds. The topological polar surface area (TPSA) is 47.9 Å². The molecule has 1 fully saturated rings. The molecule has 1 aliphatic heterocycles. The van der Waals surface area contributed by atoms with Gasteiger partial charge in [0, 0.05) is 6.42 Å². The maximum absolute atomic E-state index is 10.6. The van der Waals surface area contributed by atoms with Gasteiger partial charge in [-0.25, -0.2) is 0 Å². The van der Waals surface area contributed by atoms with E-state index in [0.717, 1.165) is 0 Å². The van der Waals surface area contributed by atoms with Gasteiger partial charge in [-0.2, -0.15) is 0 Å². The van der Waals surface area contributed by atoms with Gasteiger partial charge < -0.3 is 19.0 Å². The molecule has 5 heteroatoms. The van der Waals surface area contributed by atoms with Crippen molar-refractivity contribution in [1.82, 2.24) is 0 Å². The Hall–Kier alpha value is -1.76. The summed E-state index contributed by atoms with van der Waals surface area (Å²) < 4.78 is 18.6. The Morgan fingerprint density at radius 1 is 1.03 bits per heavy atom. The molecule has 0 spiro atoms. The average molecular weight is 427 g/mol. The maximum Gasteiger partial charge on any atom is 0.261 e. The van der Waals surface area contributed by atoms with E-state index >= 15 is 0 Å². The van der Waals surface area contributed by atoms with E-state index in [1.54, 1.807) is 6.08 Å². The SMILES string of the molecule is C=CCO[C@@H]1CC[C@@H](O)[C@@H](CO[Si](c2ccccc2)(c2ccccc2)C(C)(C)C)O1. The van der Waals surface area contributed by atoms with Crippen molar-refractivity contribution in [3.63, 3.8) is 0 Å². The summed E-state index contributed by atoms with van der Waals surface area (Å²) in [6.07, 6.45) is 1.70. The molecule has 2 aromatic rings. The number of rotatable bonds is 8. The molecular formula is C25H34O4Si. The molecule has 0 unspecified atom stereocenters. The molecule has 0 bridgehead atoms. The molecule has 0 saturated carbocycles. The molecular weight excluding hydrogens is 392 g/mol. The Morgan fingerprint density at radius 2 is 1.60 bits per heavy atom. The Bertz CT molecular complexity index is 748. The van der Waals surface area contributed by atoms with Gasteiger partial charge in [0.15, 0.2) is 6.29 Å². The van der Waals surface area contributed by atoms with Crippen LogP contribution in [0.25, 0.3) is 0 Å². The van der Waals surface area contributed by atoms with Crippen molar-refractivity contribution in [3.05, 3.63) is 73.3 Å². The molecule has 0 radical (unpaired) electrons. The fourth-order valence-electron chi connectivity index (χ4n) is 4.26. The summed E-state index contributed by atoms with van der Waals surface area (Å²) in [5.74, 6) is 0. The quantitative estimate of drug-likeness (QED) is 0.517. The number of aliphatic hydroxyl groups excluding tert-OH is 1.